The van der Waals surface area contributed by atoms with Crippen molar-refractivity contribution in [2.75, 3.05) is 23.0 Å². The minimum absolute atomic E-state index is 0.366. The van der Waals surface area contributed by atoms with Gasteiger partial charge in [-0.15, -0.1) is 0 Å². The first-order valence-electron chi connectivity index (χ1n) is 8.94. The molecule has 0 atom stereocenters. The standard InChI is InChI=1S/2C7H5NO5.C4H8O2S2/c2*9-6-2-1-4(8(12)13)3-5(6)7(10)11;5-7-1-2-8(6)4-3-7/h2*1-3,9H,(H,10,11);1-4H2. The lowest BCUT2D eigenvalue weighted by Crippen LogP contribution is -2.22. The molecule has 1 fully saturated rings. The van der Waals surface area contributed by atoms with Crippen molar-refractivity contribution in [3.05, 3.63) is 67.8 Å². The van der Waals surface area contributed by atoms with Crippen LogP contribution in [0, 0.1) is 20.2 Å². The van der Waals surface area contributed by atoms with Gasteiger partial charge in [-0.05, 0) is 12.1 Å². The van der Waals surface area contributed by atoms with E-state index >= 15 is 0 Å². The lowest BCUT2D eigenvalue weighted by molar-refractivity contribution is -0.385. The molecule has 0 radical (unpaired) electrons. The summed E-state index contributed by atoms with van der Waals surface area (Å²) in [4.78, 5) is 39.8. The average molecular weight is 518 g/mol. The van der Waals surface area contributed by atoms with Crippen molar-refractivity contribution in [2.45, 2.75) is 0 Å². The maximum atomic E-state index is 10.6. The van der Waals surface area contributed by atoms with Crippen LogP contribution in [0.2, 0.25) is 0 Å². The maximum absolute atomic E-state index is 10.6. The lowest BCUT2D eigenvalue weighted by Gasteiger charge is -2.07. The van der Waals surface area contributed by atoms with Crippen LogP contribution in [0.5, 0.6) is 11.5 Å². The van der Waals surface area contributed by atoms with E-state index in [0.717, 1.165) is 36.4 Å². The van der Waals surface area contributed by atoms with Gasteiger partial charge in [0.25, 0.3) is 11.4 Å². The number of nitro groups is 2. The number of non-ortho nitro benzene ring substituents is 2. The quantitative estimate of drug-likeness (QED) is 0.333. The molecule has 1 aliphatic rings. The summed E-state index contributed by atoms with van der Waals surface area (Å²) in [5, 5.41) is 55.4. The van der Waals surface area contributed by atoms with Crippen molar-refractivity contribution >= 4 is 44.9 Å². The van der Waals surface area contributed by atoms with Crippen LogP contribution in [0.3, 0.4) is 0 Å². The number of carboxylic acid groups (broad SMARTS) is 2. The zero-order valence-corrected chi connectivity index (χ0v) is 18.7. The van der Waals surface area contributed by atoms with Crippen LogP contribution in [0.25, 0.3) is 0 Å². The van der Waals surface area contributed by atoms with Crippen molar-refractivity contribution < 1.29 is 48.3 Å². The molecule has 3 rings (SSSR count). The molecule has 4 N–H and O–H groups in total. The van der Waals surface area contributed by atoms with E-state index in [-0.39, 0.29) is 11.4 Å². The summed E-state index contributed by atoms with van der Waals surface area (Å²) >= 11 is 0. The number of benzene rings is 2. The number of hydrogen-bond donors (Lipinski definition) is 4. The molecule has 0 unspecified atom stereocenters. The van der Waals surface area contributed by atoms with Crippen molar-refractivity contribution in [3.8, 4) is 11.5 Å². The van der Waals surface area contributed by atoms with Crippen LogP contribution in [-0.4, -0.2) is 73.6 Å². The Labute approximate surface area is 195 Å². The Morgan fingerprint density at radius 3 is 1.24 bits per heavy atom. The third-order valence-electron chi connectivity index (χ3n) is 3.92. The van der Waals surface area contributed by atoms with E-state index in [9.17, 15) is 38.2 Å². The molecular formula is C18H18N2O12S2. The minimum atomic E-state index is -1.40. The molecule has 1 saturated heterocycles. The van der Waals surface area contributed by atoms with Crippen molar-refractivity contribution in [3.63, 3.8) is 0 Å². The Balaban J connectivity index is 0.000000263. The summed E-state index contributed by atoms with van der Waals surface area (Å²) < 4.78 is 21.2. The van der Waals surface area contributed by atoms with Gasteiger partial charge in [0.05, 0.1) is 9.85 Å². The second-order valence-corrected chi connectivity index (χ2v) is 9.62. The molecule has 34 heavy (non-hydrogen) atoms. The van der Waals surface area contributed by atoms with Crippen LogP contribution < -0.4 is 0 Å². The SMILES string of the molecule is O=C(O)c1cc([N+](=O)[O-])ccc1O.O=C(O)c1cc([N+](=O)[O-])ccc1O.O=S1CCS(=O)CC1. The van der Waals surface area contributed by atoms with E-state index in [0.29, 0.717) is 23.0 Å². The highest BCUT2D eigenvalue weighted by Crippen LogP contribution is 2.23. The molecule has 0 aliphatic carbocycles. The van der Waals surface area contributed by atoms with Gasteiger partial charge in [-0.25, -0.2) is 9.59 Å². The van der Waals surface area contributed by atoms with E-state index in [1.807, 2.05) is 0 Å². The van der Waals surface area contributed by atoms with Gasteiger partial charge in [0.2, 0.25) is 0 Å². The minimum Gasteiger partial charge on any atom is -0.507 e. The number of phenols is 2. The first-order valence-corrected chi connectivity index (χ1v) is 11.9. The van der Waals surface area contributed by atoms with Gasteiger partial charge in [-0.3, -0.25) is 28.6 Å². The Bertz CT molecular complexity index is 1050. The summed E-state index contributed by atoms with van der Waals surface area (Å²) in [6.07, 6.45) is 0. The van der Waals surface area contributed by atoms with Gasteiger partial charge in [0.1, 0.15) is 22.6 Å². The Hall–Kier alpha value is -3.92. The summed E-state index contributed by atoms with van der Waals surface area (Å²) in [6, 6.07) is 5.61. The van der Waals surface area contributed by atoms with Crippen LogP contribution >= 0.6 is 0 Å². The molecule has 0 spiro atoms. The van der Waals surface area contributed by atoms with Crippen LogP contribution in [-0.2, 0) is 21.6 Å². The van der Waals surface area contributed by atoms with Crippen molar-refractivity contribution in [1.82, 2.24) is 0 Å². The number of aromatic carboxylic acids is 2. The zero-order chi connectivity index (χ0) is 26.0. The maximum Gasteiger partial charge on any atom is 0.339 e. The third-order valence-corrected chi connectivity index (χ3v) is 7.07. The number of carboxylic acids is 2. The molecule has 16 heteroatoms. The molecule has 1 aliphatic heterocycles. The molecule has 14 nitrogen and oxygen atoms in total. The van der Waals surface area contributed by atoms with E-state index in [2.05, 4.69) is 0 Å². The number of hydrogen-bond acceptors (Lipinski definition) is 10. The first kappa shape index (κ1) is 28.1. The van der Waals surface area contributed by atoms with E-state index in [4.69, 9.17) is 20.4 Å². The second-order valence-electron chi connectivity index (χ2n) is 6.22. The van der Waals surface area contributed by atoms with Gasteiger partial charge in [-0.2, -0.15) is 0 Å². The van der Waals surface area contributed by atoms with Crippen molar-refractivity contribution in [1.29, 1.82) is 0 Å². The fourth-order valence-corrected chi connectivity index (χ4v) is 5.58. The van der Waals surface area contributed by atoms with Gasteiger partial charge in [0.15, 0.2) is 0 Å². The molecule has 184 valence electrons. The van der Waals surface area contributed by atoms with Gasteiger partial charge >= 0.3 is 11.9 Å². The van der Waals surface area contributed by atoms with Crippen LogP contribution in [0.15, 0.2) is 36.4 Å². The fourth-order valence-electron chi connectivity index (χ4n) is 2.19. The molecule has 0 bridgehead atoms. The van der Waals surface area contributed by atoms with Crippen LogP contribution in [0.1, 0.15) is 20.7 Å². The molecule has 0 amide bonds. The Morgan fingerprint density at radius 1 is 0.706 bits per heavy atom. The predicted molar refractivity (Wildman–Crippen MR) is 119 cm³/mol. The normalized spacial score (nSPS) is 16.6. The number of carbonyl (C=O) groups is 2. The summed E-state index contributed by atoms with van der Waals surface area (Å²) in [5.41, 5.74) is -1.69. The smallest absolute Gasteiger partial charge is 0.339 e. The first-order chi connectivity index (χ1) is 15.8. The summed E-state index contributed by atoms with van der Waals surface area (Å²) in [7, 11) is -1.31. The molecular weight excluding hydrogens is 500 g/mol. The Morgan fingerprint density at radius 2 is 1.00 bits per heavy atom. The van der Waals surface area contributed by atoms with Gasteiger partial charge in [0, 0.05) is 68.9 Å². The number of aromatic hydroxyl groups is 2. The van der Waals surface area contributed by atoms with E-state index < -0.39 is 66.0 Å². The zero-order valence-electron chi connectivity index (χ0n) is 17.1. The van der Waals surface area contributed by atoms with E-state index in [1.165, 1.54) is 0 Å². The number of nitrogens with zero attached hydrogens (tertiary/aromatic N) is 2. The highest BCUT2D eigenvalue weighted by atomic mass is 32.2. The van der Waals surface area contributed by atoms with E-state index in [1.54, 1.807) is 0 Å². The van der Waals surface area contributed by atoms with Crippen LogP contribution in [0.4, 0.5) is 11.4 Å². The monoisotopic (exact) mass is 518 g/mol. The molecule has 0 saturated carbocycles. The largest absolute Gasteiger partial charge is 0.507 e. The topological polar surface area (TPSA) is 235 Å². The molecule has 1 heterocycles. The molecule has 2 aromatic carbocycles. The Kier molecular flexibility index (Phi) is 10.7. The second kappa shape index (κ2) is 12.9. The highest BCUT2D eigenvalue weighted by molar-refractivity contribution is 7.92. The van der Waals surface area contributed by atoms with Gasteiger partial charge in [-0.1, -0.05) is 0 Å². The summed E-state index contributed by atoms with van der Waals surface area (Å²) in [6.45, 7) is 0. The van der Waals surface area contributed by atoms with Gasteiger partial charge < -0.3 is 20.4 Å². The predicted octanol–water partition coefficient (Wildman–Crippen LogP) is 1.49. The lowest BCUT2D eigenvalue weighted by atomic mass is 10.2. The third kappa shape index (κ3) is 8.91. The number of rotatable bonds is 4. The average Bonchev–Trinajstić information content (AvgIpc) is 2.76. The highest BCUT2D eigenvalue weighted by Gasteiger charge is 2.16. The number of nitro benzene ring substituents is 2. The van der Waals surface area contributed by atoms with Crippen molar-refractivity contribution in [2.24, 2.45) is 0 Å². The molecule has 2 aromatic rings. The summed E-state index contributed by atoms with van der Waals surface area (Å²) in [5.74, 6) is -1.20. The fraction of sp³-hybridized carbons (Fsp3) is 0.222. The molecule has 0 aromatic heterocycles.